The molecule has 0 saturated heterocycles. The fraction of sp³-hybridized carbons (Fsp3) is 0.368. The summed E-state index contributed by atoms with van der Waals surface area (Å²) in [4.78, 5) is 0. The van der Waals surface area contributed by atoms with Crippen molar-refractivity contribution in [1.29, 1.82) is 0 Å². The van der Waals surface area contributed by atoms with Gasteiger partial charge in [-0.1, -0.05) is 36.4 Å². The molecule has 2 aromatic rings. The largest absolute Gasteiger partial charge is 0.450 e. The summed E-state index contributed by atoms with van der Waals surface area (Å²) < 4.78 is 12.9. The van der Waals surface area contributed by atoms with Crippen molar-refractivity contribution in [2.24, 2.45) is 0 Å². The summed E-state index contributed by atoms with van der Waals surface area (Å²) in [7, 11) is 0. The van der Waals surface area contributed by atoms with Crippen LogP contribution in [0.4, 0.5) is 0 Å². The number of hydrogen-bond acceptors (Lipinski definition) is 2. The Morgan fingerprint density at radius 2 is 1.00 bits per heavy atom. The van der Waals surface area contributed by atoms with E-state index in [9.17, 15) is 0 Å². The number of benzene rings is 2. The van der Waals surface area contributed by atoms with E-state index in [0.717, 1.165) is 11.5 Å². The average molecular weight is 280 g/mol. The first-order chi connectivity index (χ1) is 9.90. The van der Waals surface area contributed by atoms with E-state index in [1.54, 1.807) is 0 Å². The predicted molar refractivity (Wildman–Crippen MR) is 82.9 cm³/mol. The maximum Gasteiger partial charge on any atom is 0.269 e. The maximum absolute atomic E-state index is 6.45. The van der Waals surface area contributed by atoms with Crippen molar-refractivity contribution in [3.05, 3.63) is 59.7 Å². The standard InChI is InChI=1S/C19H20O2/c1-17(2)13-9-5-7-11-15(13)20-19(17)18(3,4)14-10-6-8-12-16(14)21-19/h5-12H,1-4H3. The van der Waals surface area contributed by atoms with Crippen LogP contribution in [0.1, 0.15) is 38.8 Å². The van der Waals surface area contributed by atoms with Crippen LogP contribution in [0.25, 0.3) is 0 Å². The van der Waals surface area contributed by atoms with Crippen LogP contribution in [0.3, 0.4) is 0 Å². The Hall–Kier alpha value is -1.96. The van der Waals surface area contributed by atoms with Gasteiger partial charge in [0.1, 0.15) is 11.5 Å². The lowest BCUT2D eigenvalue weighted by atomic mass is 9.65. The third-order valence-electron chi connectivity index (χ3n) is 5.27. The molecule has 108 valence electrons. The second-order valence-corrected chi connectivity index (χ2v) is 7.06. The van der Waals surface area contributed by atoms with Gasteiger partial charge in [-0.25, -0.2) is 0 Å². The molecule has 2 aliphatic rings. The van der Waals surface area contributed by atoms with Crippen molar-refractivity contribution in [3.63, 3.8) is 0 Å². The van der Waals surface area contributed by atoms with E-state index >= 15 is 0 Å². The van der Waals surface area contributed by atoms with Crippen LogP contribution >= 0.6 is 0 Å². The van der Waals surface area contributed by atoms with E-state index in [2.05, 4.69) is 52.0 Å². The lowest BCUT2D eigenvalue weighted by molar-refractivity contribution is -0.169. The Balaban J connectivity index is 1.96. The van der Waals surface area contributed by atoms with Gasteiger partial charge in [-0.15, -0.1) is 0 Å². The van der Waals surface area contributed by atoms with Gasteiger partial charge in [-0.05, 0) is 39.8 Å². The number of para-hydroxylation sites is 2. The van der Waals surface area contributed by atoms with Crippen molar-refractivity contribution in [1.82, 2.24) is 0 Å². The molecule has 0 atom stereocenters. The molecule has 0 unspecified atom stereocenters. The Bertz CT molecular complexity index is 664. The summed E-state index contributed by atoms with van der Waals surface area (Å²) >= 11 is 0. The second kappa shape index (κ2) is 3.62. The SMILES string of the molecule is CC1(C)c2ccccc2OC12Oc1ccccc1C2(C)C. The van der Waals surface area contributed by atoms with Crippen LogP contribution in [0.15, 0.2) is 48.5 Å². The van der Waals surface area contributed by atoms with Gasteiger partial charge in [0.05, 0.1) is 10.8 Å². The number of rotatable bonds is 0. The molecule has 0 radical (unpaired) electrons. The van der Waals surface area contributed by atoms with E-state index in [1.165, 1.54) is 11.1 Å². The van der Waals surface area contributed by atoms with Gasteiger partial charge in [-0.3, -0.25) is 0 Å². The number of hydrogen-bond donors (Lipinski definition) is 0. The first-order valence-electron chi connectivity index (χ1n) is 7.47. The summed E-state index contributed by atoms with van der Waals surface area (Å²) in [5.74, 6) is 1.17. The maximum atomic E-state index is 6.45. The topological polar surface area (TPSA) is 18.5 Å². The Kier molecular flexibility index (Phi) is 2.20. The molecule has 0 bridgehead atoms. The molecular formula is C19H20O2. The lowest BCUT2D eigenvalue weighted by Crippen LogP contribution is -2.61. The zero-order chi connectivity index (χ0) is 14.9. The smallest absolute Gasteiger partial charge is 0.269 e. The third kappa shape index (κ3) is 1.29. The summed E-state index contributed by atoms with van der Waals surface area (Å²) in [5.41, 5.74) is 1.97. The van der Waals surface area contributed by atoms with Gasteiger partial charge in [0.15, 0.2) is 0 Å². The van der Waals surface area contributed by atoms with E-state index in [-0.39, 0.29) is 10.8 Å². The van der Waals surface area contributed by atoms with Crippen LogP contribution in [-0.4, -0.2) is 5.79 Å². The highest BCUT2D eigenvalue weighted by Crippen LogP contribution is 2.61. The zero-order valence-electron chi connectivity index (χ0n) is 12.9. The highest BCUT2D eigenvalue weighted by molar-refractivity contribution is 5.54. The quantitative estimate of drug-likeness (QED) is 0.711. The minimum Gasteiger partial charge on any atom is -0.450 e. The van der Waals surface area contributed by atoms with Gasteiger partial charge in [0.2, 0.25) is 0 Å². The fourth-order valence-corrected chi connectivity index (χ4v) is 4.12. The summed E-state index contributed by atoms with van der Waals surface area (Å²) in [5, 5.41) is 0. The molecule has 2 heteroatoms. The predicted octanol–water partition coefficient (Wildman–Crippen LogP) is 4.42. The molecule has 0 aromatic heterocycles. The summed E-state index contributed by atoms with van der Waals surface area (Å²) in [6, 6.07) is 16.5. The molecule has 2 aromatic carbocycles. The van der Waals surface area contributed by atoms with E-state index in [1.807, 2.05) is 24.3 Å². The van der Waals surface area contributed by atoms with Gasteiger partial charge < -0.3 is 9.47 Å². The van der Waals surface area contributed by atoms with Crippen LogP contribution < -0.4 is 9.47 Å². The highest BCUT2D eigenvalue weighted by atomic mass is 16.7. The average Bonchev–Trinajstić information content (AvgIpc) is 2.82. The van der Waals surface area contributed by atoms with Gasteiger partial charge in [0.25, 0.3) is 5.79 Å². The fourth-order valence-electron chi connectivity index (χ4n) is 4.12. The molecule has 21 heavy (non-hydrogen) atoms. The molecule has 2 aliphatic heterocycles. The van der Waals surface area contributed by atoms with Crippen LogP contribution in [0.2, 0.25) is 0 Å². The second-order valence-electron chi connectivity index (χ2n) is 7.06. The first-order valence-corrected chi connectivity index (χ1v) is 7.47. The van der Waals surface area contributed by atoms with Gasteiger partial charge in [-0.2, -0.15) is 0 Å². The highest BCUT2D eigenvalue weighted by Gasteiger charge is 2.69. The van der Waals surface area contributed by atoms with E-state index in [0.29, 0.717) is 0 Å². The Morgan fingerprint density at radius 3 is 1.38 bits per heavy atom. The summed E-state index contributed by atoms with van der Waals surface area (Å²) in [6.45, 7) is 8.86. The molecule has 0 aliphatic carbocycles. The Morgan fingerprint density at radius 1 is 0.619 bits per heavy atom. The van der Waals surface area contributed by atoms with Crippen molar-refractivity contribution in [2.45, 2.75) is 44.3 Å². The normalized spacial score (nSPS) is 22.3. The van der Waals surface area contributed by atoms with Crippen molar-refractivity contribution < 1.29 is 9.47 Å². The zero-order valence-corrected chi connectivity index (χ0v) is 12.9. The third-order valence-corrected chi connectivity index (χ3v) is 5.27. The minimum absolute atomic E-state index is 0.230. The van der Waals surface area contributed by atoms with E-state index in [4.69, 9.17) is 9.47 Å². The number of fused-ring (bicyclic) bond motifs is 2. The molecule has 0 fully saturated rings. The first kappa shape index (κ1) is 12.8. The van der Waals surface area contributed by atoms with Crippen molar-refractivity contribution in [3.8, 4) is 11.5 Å². The van der Waals surface area contributed by atoms with Gasteiger partial charge in [0, 0.05) is 11.1 Å². The molecule has 1 spiro atoms. The van der Waals surface area contributed by atoms with E-state index < -0.39 is 5.79 Å². The summed E-state index contributed by atoms with van der Waals surface area (Å²) in [6.07, 6.45) is 0. The molecular weight excluding hydrogens is 260 g/mol. The monoisotopic (exact) mass is 280 g/mol. The Labute approximate surface area is 125 Å². The van der Waals surface area contributed by atoms with Crippen LogP contribution in [0.5, 0.6) is 11.5 Å². The lowest BCUT2D eigenvalue weighted by Gasteiger charge is -2.44. The molecule has 4 rings (SSSR count). The van der Waals surface area contributed by atoms with Gasteiger partial charge >= 0.3 is 0 Å². The molecule has 2 heterocycles. The minimum atomic E-state index is -0.701. The molecule has 2 nitrogen and oxygen atoms in total. The molecule has 0 saturated carbocycles. The molecule has 0 amide bonds. The van der Waals surface area contributed by atoms with Crippen LogP contribution in [0, 0.1) is 0 Å². The molecule has 0 N–H and O–H groups in total. The number of ether oxygens (including phenoxy) is 2. The van der Waals surface area contributed by atoms with Crippen molar-refractivity contribution in [2.75, 3.05) is 0 Å². The van der Waals surface area contributed by atoms with Crippen LogP contribution in [-0.2, 0) is 10.8 Å². The van der Waals surface area contributed by atoms with Crippen molar-refractivity contribution >= 4 is 0 Å².